The Kier molecular flexibility index (Phi) is 4.37. The monoisotopic (exact) mass is 222 g/mol. The minimum atomic E-state index is -0.277. The molecule has 0 bridgehead atoms. The van der Waals surface area contributed by atoms with Gasteiger partial charge in [-0.1, -0.05) is 51.5 Å². The predicted molar refractivity (Wildman–Crippen MR) is 70.2 cm³/mol. The number of hydrogen-bond acceptors (Lipinski definition) is 1. The van der Waals surface area contributed by atoms with Crippen LogP contribution in [-0.4, -0.2) is 11.2 Å². The minimum absolute atomic E-state index is 0.277. The van der Waals surface area contributed by atoms with Gasteiger partial charge in [-0.25, -0.2) is 0 Å². The molecule has 1 nitrogen and oxygen atoms in total. The van der Waals surface area contributed by atoms with Crippen LogP contribution in [0.4, 0.5) is 0 Å². The summed E-state index contributed by atoms with van der Waals surface area (Å²) in [6.07, 6.45) is 8.20. The van der Waals surface area contributed by atoms with Gasteiger partial charge >= 0.3 is 0 Å². The molecule has 3 atom stereocenters. The zero-order valence-electron chi connectivity index (χ0n) is 11.3. The smallest absolute Gasteiger partial charge is 0.0718 e. The summed E-state index contributed by atoms with van der Waals surface area (Å²) >= 11 is 0. The third-order valence-corrected chi connectivity index (χ3v) is 4.31. The highest BCUT2D eigenvalue weighted by Gasteiger charge is 2.37. The van der Waals surface area contributed by atoms with E-state index in [1.807, 2.05) is 13.0 Å². The van der Waals surface area contributed by atoms with Crippen molar-refractivity contribution in [1.82, 2.24) is 0 Å². The van der Waals surface area contributed by atoms with E-state index in [2.05, 4.69) is 39.8 Å². The van der Waals surface area contributed by atoms with E-state index in [4.69, 9.17) is 0 Å². The summed E-state index contributed by atoms with van der Waals surface area (Å²) in [7, 11) is 0. The number of aliphatic hydroxyl groups excluding tert-OH is 1. The van der Waals surface area contributed by atoms with E-state index in [0.29, 0.717) is 17.3 Å². The second-order valence-electron chi connectivity index (χ2n) is 5.67. The molecule has 3 unspecified atom stereocenters. The molecule has 0 amide bonds. The van der Waals surface area contributed by atoms with E-state index >= 15 is 0 Å². The highest BCUT2D eigenvalue weighted by atomic mass is 16.3. The molecular weight excluding hydrogens is 196 g/mol. The third-order valence-electron chi connectivity index (χ3n) is 4.31. The van der Waals surface area contributed by atoms with E-state index < -0.39 is 0 Å². The summed E-state index contributed by atoms with van der Waals surface area (Å²) in [5, 5.41) is 9.53. The summed E-state index contributed by atoms with van der Waals surface area (Å²) < 4.78 is 0. The lowest BCUT2D eigenvalue weighted by Crippen LogP contribution is -2.25. The maximum Gasteiger partial charge on any atom is 0.0718 e. The third kappa shape index (κ3) is 2.76. The van der Waals surface area contributed by atoms with Gasteiger partial charge in [0, 0.05) is 0 Å². The van der Waals surface area contributed by atoms with Crippen molar-refractivity contribution in [3.05, 3.63) is 23.8 Å². The fourth-order valence-corrected chi connectivity index (χ4v) is 2.60. The molecule has 1 aliphatic rings. The van der Waals surface area contributed by atoms with Gasteiger partial charge in [0.2, 0.25) is 0 Å². The summed E-state index contributed by atoms with van der Waals surface area (Å²) in [6, 6.07) is 0. The van der Waals surface area contributed by atoms with Gasteiger partial charge in [-0.3, -0.25) is 0 Å². The first-order valence-corrected chi connectivity index (χ1v) is 6.43. The van der Waals surface area contributed by atoms with Gasteiger partial charge in [0.15, 0.2) is 0 Å². The molecule has 0 aromatic heterocycles. The molecule has 1 aliphatic carbocycles. The van der Waals surface area contributed by atoms with Crippen molar-refractivity contribution in [2.45, 2.75) is 53.6 Å². The normalized spacial score (nSPS) is 28.1. The van der Waals surface area contributed by atoms with Crippen molar-refractivity contribution < 1.29 is 5.11 Å². The van der Waals surface area contributed by atoms with E-state index in [-0.39, 0.29) is 6.10 Å². The van der Waals surface area contributed by atoms with Crippen LogP contribution >= 0.6 is 0 Å². The Hall–Kier alpha value is -0.560. The van der Waals surface area contributed by atoms with Crippen LogP contribution in [0.25, 0.3) is 0 Å². The van der Waals surface area contributed by atoms with Gasteiger partial charge < -0.3 is 5.11 Å². The first kappa shape index (κ1) is 13.5. The predicted octanol–water partition coefficient (Wildman–Crippen LogP) is 3.94. The van der Waals surface area contributed by atoms with Crippen LogP contribution in [0.2, 0.25) is 0 Å². The molecule has 0 aliphatic heterocycles. The van der Waals surface area contributed by atoms with Gasteiger partial charge in [-0.2, -0.15) is 0 Å². The second-order valence-corrected chi connectivity index (χ2v) is 5.67. The molecule has 0 aromatic rings. The van der Waals surface area contributed by atoms with Gasteiger partial charge in [0.25, 0.3) is 0 Å². The van der Waals surface area contributed by atoms with E-state index in [1.165, 1.54) is 12.0 Å². The van der Waals surface area contributed by atoms with Crippen LogP contribution in [0.15, 0.2) is 23.8 Å². The van der Waals surface area contributed by atoms with Crippen LogP contribution in [0.5, 0.6) is 0 Å². The SMILES string of the molecule is CCC(O)/C=C/C(C)C1CC=C(C)C1(C)C. The van der Waals surface area contributed by atoms with Crippen molar-refractivity contribution in [2.24, 2.45) is 17.3 Å². The molecule has 0 saturated carbocycles. The van der Waals surface area contributed by atoms with E-state index in [9.17, 15) is 5.11 Å². The van der Waals surface area contributed by atoms with Gasteiger partial charge in [0.1, 0.15) is 0 Å². The minimum Gasteiger partial charge on any atom is -0.389 e. The maximum atomic E-state index is 9.53. The number of hydrogen-bond donors (Lipinski definition) is 1. The molecular formula is C15H26O. The summed E-state index contributed by atoms with van der Waals surface area (Å²) in [5.41, 5.74) is 1.81. The lowest BCUT2D eigenvalue weighted by molar-refractivity contribution is 0.213. The molecule has 16 heavy (non-hydrogen) atoms. The Balaban J connectivity index is 2.63. The molecule has 0 fully saturated rings. The summed E-state index contributed by atoms with van der Waals surface area (Å²) in [4.78, 5) is 0. The van der Waals surface area contributed by atoms with Crippen LogP contribution in [0, 0.1) is 17.3 Å². The molecule has 0 spiro atoms. The molecule has 0 aromatic carbocycles. The molecule has 1 rings (SSSR count). The van der Waals surface area contributed by atoms with Crippen molar-refractivity contribution >= 4 is 0 Å². The maximum absolute atomic E-state index is 9.53. The second kappa shape index (κ2) is 5.18. The fraction of sp³-hybridized carbons (Fsp3) is 0.733. The number of rotatable bonds is 4. The zero-order chi connectivity index (χ0) is 12.3. The topological polar surface area (TPSA) is 20.2 Å². The van der Waals surface area contributed by atoms with E-state index in [1.54, 1.807) is 0 Å². The molecule has 0 saturated heterocycles. The number of aliphatic hydroxyl groups is 1. The van der Waals surface area contributed by atoms with Crippen molar-refractivity contribution in [2.75, 3.05) is 0 Å². The Labute approximate surface area is 100 Å². The van der Waals surface area contributed by atoms with E-state index in [0.717, 1.165) is 6.42 Å². The lowest BCUT2D eigenvalue weighted by Gasteiger charge is -2.33. The highest BCUT2D eigenvalue weighted by Crippen LogP contribution is 2.46. The zero-order valence-corrected chi connectivity index (χ0v) is 11.3. The van der Waals surface area contributed by atoms with Gasteiger partial charge in [-0.15, -0.1) is 0 Å². The van der Waals surface area contributed by atoms with Crippen molar-refractivity contribution in [1.29, 1.82) is 0 Å². The van der Waals surface area contributed by atoms with Crippen LogP contribution in [0.1, 0.15) is 47.5 Å². The summed E-state index contributed by atoms with van der Waals surface area (Å²) in [5.74, 6) is 1.21. The largest absolute Gasteiger partial charge is 0.389 e. The average Bonchev–Trinajstić information content (AvgIpc) is 2.50. The van der Waals surface area contributed by atoms with Gasteiger partial charge in [0.05, 0.1) is 6.10 Å². The molecule has 92 valence electrons. The lowest BCUT2D eigenvalue weighted by atomic mass is 9.72. The van der Waals surface area contributed by atoms with Crippen LogP contribution in [0.3, 0.4) is 0 Å². The molecule has 0 radical (unpaired) electrons. The molecule has 1 N–H and O–H groups in total. The standard InChI is InChI=1S/C15H26O/c1-6-13(16)9-7-11(2)14-10-8-12(3)15(14,4)5/h7-9,11,13-14,16H,6,10H2,1-5H3/b9-7+. The highest BCUT2D eigenvalue weighted by molar-refractivity contribution is 5.20. The fourth-order valence-electron chi connectivity index (χ4n) is 2.60. The summed E-state index contributed by atoms with van der Waals surface area (Å²) in [6.45, 7) is 11.2. The first-order valence-electron chi connectivity index (χ1n) is 6.43. The molecule has 1 heteroatoms. The first-order chi connectivity index (χ1) is 7.39. The molecule has 0 heterocycles. The number of allylic oxidation sites excluding steroid dienone is 3. The Morgan fingerprint density at radius 1 is 1.50 bits per heavy atom. The quantitative estimate of drug-likeness (QED) is 0.714. The van der Waals surface area contributed by atoms with Crippen LogP contribution in [-0.2, 0) is 0 Å². The van der Waals surface area contributed by atoms with Crippen molar-refractivity contribution in [3.8, 4) is 0 Å². The average molecular weight is 222 g/mol. The van der Waals surface area contributed by atoms with Gasteiger partial charge in [-0.05, 0) is 37.0 Å². The Morgan fingerprint density at radius 3 is 2.56 bits per heavy atom. The van der Waals surface area contributed by atoms with Crippen molar-refractivity contribution in [3.63, 3.8) is 0 Å². The Bertz CT molecular complexity index is 286. The Morgan fingerprint density at radius 2 is 2.12 bits per heavy atom. The van der Waals surface area contributed by atoms with Crippen LogP contribution < -0.4 is 0 Å².